The number of benzene rings is 1. The molecule has 0 saturated carbocycles. The molecule has 0 radical (unpaired) electrons. The third kappa shape index (κ3) is 5.15. The summed E-state index contributed by atoms with van der Waals surface area (Å²) in [5, 5.41) is -0.0860. The standard InChI is InChI=1S/C20H29N3O5S/c1-26-13-18(24)22-9-6-21(7-10-22)8-11-23-19(25)14-29-20(23)16-12-15(27-2)4-5-17(16)28-3/h4-5,12,20H,6-11,13-14H2,1-3H3/t20-/m1/s1. The SMILES string of the molecule is COCC(=O)N1CCN(CCN2C(=O)CS[C@@H]2c2cc(OC)ccc2OC)CC1. The fourth-order valence-corrected chi connectivity index (χ4v) is 4.90. The van der Waals surface area contributed by atoms with Crippen molar-refractivity contribution in [3.05, 3.63) is 23.8 Å². The Morgan fingerprint density at radius 1 is 1.10 bits per heavy atom. The Bertz CT molecular complexity index is 724. The van der Waals surface area contributed by atoms with E-state index in [9.17, 15) is 9.59 Å². The second-order valence-electron chi connectivity index (χ2n) is 7.01. The number of rotatable bonds is 8. The van der Waals surface area contributed by atoms with Gasteiger partial charge in [-0.05, 0) is 18.2 Å². The van der Waals surface area contributed by atoms with Gasteiger partial charge in [-0.25, -0.2) is 0 Å². The molecule has 1 aromatic rings. The molecule has 3 rings (SSSR count). The monoisotopic (exact) mass is 423 g/mol. The van der Waals surface area contributed by atoms with Crippen molar-refractivity contribution in [1.29, 1.82) is 0 Å². The Labute approximate surface area is 176 Å². The van der Waals surface area contributed by atoms with Crippen LogP contribution < -0.4 is 9.47 Å². The van der Waals surface area contributed by atoms with Gasteiger partial charge in [-0.1, -0.05) is 0 Å². The molecule has 0 unspecified atom stereocenters. The number of thioether (sulfide) groups is 1. The molecule has 2 saturated heterocycles. The van der Waals surface area contributed by atoms with Crippen molar-refractivity contribution in [2.24, 2.45) is 0 Å². The number of methoxy groups -OCH3 is 3. The second kappa shape index (κ2) is 10.2. The molecule has 2 heterocycles. The van der Waals surface area contributed by atoms with Crippen LogP contribution in [0, 0.1) is 0 Å². The first-order valence-electron chi connectivity index (χ1n) is 9.69. The molecule has 2 aliphatic heterocycles. The normalized spacial score (nSPS) is 20.2. The number of amides is 2. The highest BCUT2D eigenvalue weighted by Crippen LogP contribution is 2.43. The van der Waals surface area contributed by atoms with Gasteiger partial charge in [0, 0.05) is 51.9 Å². The molecule has 0 spiro atoms. The van der Waals surface area contributed by atoms with Crippen molar-refractivity contribution in [3.63, 3.8) is 0 Å². The zero-order chi connectivity index (χ0) is 20.8. The lowest BCUT2D eigenvalue weighted by Crippen LogP contribution is -2.51. The van der Waals surface area contributed by atoms with Gasteiger partial charge in [-0.3, -0.25) is 14.5 Å². The van der Waals surface area contributed by atoms with Crippen LogP contribution >= 0.6 is 11.8 Å². The van der Waals surface area contributed by atoms with E-state index in [1.807, 2.05) is 28.0 Å². The van der Waals surface area contributed by atoms with Crippen LogP contribution in [0.2, 0.25) is 0 Å². The minimum Gasteiger partial charge on any atom is -0.497 e. The molecular weight excluding hydrogens is 394 g/mol. The maximum Gasteiger partial charge on any atom is 0.248 e. The van der Waals surface area contributed by atoms with Gasteiger partial charge in [-0.2, -0.15) is 0 Å². The van der Waals surface area contributed by atoms with Gasteiger partial charge >= 0.3 is 0 Å². The van der Waals surface area contributed by atoms with E-state index in [1.165, 1.54) is 7.11 Å². The zero-order valence-corrected chi connectivity index (χ0v) is 18.1. The number of hydrogen-bond donors (Lipinski definition) is 0. The van der Waals surface area contributed by atoms with Crippen LogP contribution in [0.25, 0.3) is 0 Å². The minimum absolute atomic E-state index is 0.0310. The molecule has 2 amide bonds. The van der Waals surface area contributed by atoms with E-state index in [4.69, 9.17) is 14.2 Å². The summed E-state index contributed by atoms with van der Waals surface area (Å²) >= 11 is 1.61. The lowest BCUT2D eigenvalue weighted by Gasteiger charge is -2.36. The van der Waals surface area contributed by atoms with Gasteiger partial charge in [0.15, 0.2) is 0 Å². The predicted octanol–water partition coefficient (Wildman–Crippen LogP) is 1.07. The minimum atomic E-state index is -0.0860. The van der Waals surface area contributed by atoms with E-state index in [2.05, 4.69) is 4.90 Å². The van der Waals surface area contributed by atoms with Crippen LogP contribution in [-0.4, -0.2) is 99.5 Å². The summed E-state index contributed by atoms with van der Waals surface area (Å²) in [7, 11) is 4.81. The molecule has 0 aromatic heterocycles. The molecule has 0 N–H and O–H groups in total. The Hall–Kier alpha value is -1.97. The Kier molecular flexibility index (Phi) is 7.63. The molecular formula is C20H29N3O5S. The average Bonchev–Trinajstić information content (AvgIpc) is 3.12. The quantitative estimate of drug-likeness (QED) is 0.619. The van der Waals surface area contributed by atoms with Gasteiger partial charge < -0.3 is 24.0 Å². The van der Waals surface area contributed by atoms with Gasteiger partial charge in [0.25, 0.3) is 0 Å². The van der Waals surface area contributed by atoms with Gasteiger partial charge in [-0.15, -0.1) is 11.8 Å². The smallest absolute Gasteiger partial charge is 0.248 e. The van der Waals surface area contributed by atoms with Gasteiger partial charge in [0.05, 0.1) is 20.0 Å². The Morgan fingerprint density at radius 2 is 1.86 bits per heavy atom. The molecule has 29 heavy (non-hydrogen) atoms. The number of carbonyl (C=O) groups is 2. The third-order valence-electron chi connectivity index (χ3n) is 5.32. The third-order valence-corrected chi connectivity index (χ3v) is 6.56. The first kappa shape index (κ1) is 21.7. The van der Waals surface area contributed by atoms with Crippen LogP contribution in [-0.2, 0) is 14.3 Å². The summed E-state index contributed by atoms with van der Waals surface area (Å²) in [5.41, 5.74) is 0.956. The molecule has 0 bridgehead atoms. The summed E-state index contributed by atoms with van der Waals surface area (Å²) in [6.07, 6.45) is 0. The first-order chi connectivity index (χ1) is 14.1. The Balaban J connectivity index is 1.60. The van der Waals surface area contributed by atoms with E-state index in [-0.39, 0.29) is 23.8 Å². The number of nitrogens with zero attached hydrogens (tertiary/aromatic N) is 3. The van der Waals surface area contributed by atoms with E-state index in [0.29, 0.717) is 25.4 Å². The molecule has 0 aliphatic carbocycles. The second-order valence-corrected chi connectivity index (χ2v) is 8.08. The number of carbonyl (C=O) groups excluding carboxylic acids is 2. The summed E-state index contributed by atoms with van der Waals surface area (Å²) in [5.74, 6) is 2.14. The molecule has 1 atom stereocenters. The lowest BCUT2D eigenvalue weighted by atomic mass is 10.1. The van der Waals surface area contributed by atoms with E-state index in [0.717, 1.165) is 36.7 Å². The largest absolute Gasteiger partial charge is 0.497 e. The van der Waals surface area contributed by atoms with Crippen molar-refractivity contribution in [2.75, 3.05) is 73.0 Å². The van der Waals surface area contributed by atoms with Gasteiger partial charge in [0.1, 0.15) is 23.5 Å². The number of piperazine rings is 1. The fraction of sp³-hybridized carbons (Fsp3) is 0.600. The van der Waals surface area contributed by atoms with Crippen molar-refractivity contribution >= 4 is 23.6 Å². The highest BCUT2D eigenvalue weighted by atomic mass is 32.2. The van der Waals surface area contributed by atoms with Crippen LogP contribution in [0.15, 0.2) is 18.2 Å². The van der Waals surface area contributed by atoms with Crippen LogP contribution in [0.3, 0.4) is 0 Å². The molecule has 2 aliphatic rings. The van der Waals surface area contributed by atoms with Crippen molar-refractivity contribution in [1.82, 2.24) is 14.7 Å². The maximum absolute atomic E-state index is 12.5. The molecule has 1 aromatic carbocycles. The lowest BCUT2D eigenvalue weighted by molar-refractivity contribution is -0.136. The molecule has 160 valence electrons. The predicted molar refractivity (Wildman–Crippen MR) is 111 cm³/mol. The first-order valence-corrected chi connectivity index (χ1v) is 10.7. The van der Waals surface area contributed by atoms with E-state index >= 15 is 0 Å². The van der Waals surface area contributed by atoms with Crippen molar-refractivity contribution in [2.45, 2.75) is 5.37 Å². The number of hydrogen-bond acceptors (Lipinski definition) is 7. The van der Waals surface area contributed by atoms with Crippen LogP contribution in [0.1, 0.15) is 10.9 Å². The maximum atomic E-state index is 12.5. The van der Waals surface area contributed by atoms with E-state index < -0.39 is 0 Å². The topological polar surface area (TPSA) is 71.6 Å². The van der Waals surface area contributed by atoms with Crippen molar-refractivity contribution in [3.8, 4) is 11.5 Å². The fourth-order valence-electron chi connectivity index (χ4n) is 3.67. The summed E-state index contributed by atoms with van der Waals surface area (Å²) < 4.78 is 15.8. The zero-order valence-electron chi connectivity index (χ0n) is 17.3. The van der Waals surface area contributed by atoms with Crippen molar-refractivity contribution < 1.29 is 23.8 Å². The van der Waals surface area contributed by atoms with E-state index in [1.54, 1.807) is 26.0 Å². The number of ether oxygens (including phenoxy) is 3. The molecule has 2 fully saturated rings. The summed E-state index contributed by atoms with van der Waals surface area (Å²) in [6, 6.07) is 5.69. The highest BCUT2D eigenvalue weighted by Gasteiger charge is 2.35. The molecule has 9 heteroatoms. The highest BCUT2D eigenvalue weighted by molar-refractivity contribution is 8.00. The average molecular weight is 424 g/mol. The summed E-state index contributed by atoms with van der Waals surface area (Å²) in [6.45, 7) is 4.54. The van der Waals surface area contributed by atoms with Gasteiger partial charge in [0.2, 0.25) is 11.8 Å². The summed E-state index contributed by atoms with van der Waals surface area (Å²) in [4.78, 5) is 30.5. The van der Waals surface area contributed by atoms with Crippen LogP contribution in [0.5, 0.6) is 11.5 Å². The van der Waals surface area contributed by atoms with Crippen LogP contribution in [0.4, 0.5) is 0 Å². The Morgan fingerprint density at radius 3 is 2.52 bits per heavy atom. The molecule has 8 nitrogen and oxygen atoms in total.